The van der Waals surface area contributed by atoms with Crippen molar-refractivity contribution >= 4 is 23.2 Å². The molecule has 0 radical (unpaired) electrons. The number of hydrogen-bond donors (Lipinski definition) is 1. The quantitative estimate of drug-likeness (QED) is 0.941. The van der Waals surface area contributed by atoms with Gasteiger partial charge in [0.15, 0.2) is 0 Å². The summed E-state index contributed by atoms with van der Waals surface area (Å²) in [4.78, 5) is 4.43. The Balaban J connectivity index is 1.75. The number of rotatable bonds is 3. The van der Waals surface area contributed by atoms with Crippen LogP contribution < -0.4 is 5.32 Å². The second-order valence-corrected chi connectivity index (χ2v) is 5.96. The van der Waals surface area contributed by atoms with Crippen molar-refractivity contribution in [2.24, 2.45) is 5.92 Å². The lowest BCUT2D eigenvalue weighted by molar-refractivity contribution is 0.316. The van der Waals surface area contributed by atoms with Crippen LogP contribution in [-0.2, 0) is 6.42 Å². The second-order valence-electron chi connectivity index (χ2n) is 5.09. The molecule has 1 aliphatic heterocycles. The van der Waals surface area contributed by atoms with Crippen molar-refractivity contribution < 1.29 is 4.52 Å². The molecule has 1 aliphatic rings. The van der Waals surface area contributed by atoms with Crippen LogP contribution in [0.3, 0.4) is 0 Å². The molecule has 1 aromatic carbocycles. The van der Waals surface area contributed by atoms with Gasteiger partial charge in [-0.1, -0.05) is 28.4 Å². The standard InChI is InChI=1S/C14H15Cl2N3O/c15-11-5-10(6-12(16)7-11)14-18-13(20-19-14)4-9-2-1-3-17-8-9/h5-7,9,17H,1-4,8H2. The maximum atomic E-state index is 5.98. The van der Waals surface area contributed by atoms with E-state index in [4.69, 9.17) is 27.7 Å². The van der Waals surface area contributed by atoms with Crippen molar-refractivity contribution in [1.82, 2.24) is 15.5 Å². The summed E-state index contributed by atoms with van der Waals surface area (Å²) in [6.45, 7) is 2.12. The first-order valence-electron chi connectivity index (χ1n) is 6.70. The molecule has 0 saturated carbocycles. The Kier molecular flexibility index (Phi) is 4.24. The molecule has 3 rings (SSSR count). The summed E-state index contributed by atoms with van der Waals surface area (Å²) in [5, 5.41) is 8.52. The zero-order valence-electron chi connectivity index (χ0n) is 10.9. The van der Waals surface area contributed by atoms with Gasteiger partial charge in [0.05, 0.1) is 0 Å². The molecule has 0 bridgehead atoms. The molecule has 4 nitrogen and oxygen atoms in total. The van der Waals surface area contributed by atoms with Crippen LogP contribution in [0.2, 0.25) is 10.0 Å². The largest absolute Gasteiger partial charge is 0.339 e. The maximum Gasteiger partial charge on any atom is 0.227 e. The van der Waals surface area contributed by atoms with E-state index in [1.54, 1.807) is 18.2 Å². The predicted octanol–water partition coefficient (Wildman–Crippen LogP) is 3.59. The van der Waals surface area contributed by atoms with Crippen molar-refractivity contribution in [3.8, 4) is 11.4 Å². The zero-order valence-corrected chi connectivity index (χ0v) is 12.4. The van der Waals surface area contributed by atoms with E-state index in [9.17, 15) is 0 Å². The lowest BCUT2D eigenvalue weighted by Crippen LogP contribution is -2.30. The molecule has 6 heteroatoms. The Morgan fingerprint density at radius 3 is 2.75 bits per heavy atom. The van der Waals surface area contributed by atoms with E-state index < -0.39 is 0 Å². The number of hydrogen-bond acceptors (Lipinski definition) is 4. The van der Waals surface area contributed by atoms with E-state index in [2.05, 4.69) is 15.5 Å². The zero-order chi connectivity index (χ0) is 13.9. The fourth-order valence-electron chi connectivity index (χ4n) is 2.48. The summed E-state index contributed by atoms with van der Waals surface area (Å²) >= 11 is 12.0. The lowest BCUT2D eigenvalue weighted by Gasteiger charge is -2.20. The van der Waals surface area contributed by atoms with Crippen molar-refractivity contribution in [1.29, 1.82) is 0 Å². The van der Waals surface area contributed by atoms with Crippen molar-refractivity contribution in [3.05, 3.63) is 34.1 Å². The maximum absolute atomic E-state index is 5.98. The lowest BCUT2D eigenvalue weighted by atomic mass is 9.96. The fourth-order valence-corrected chi connectivity index (χ4v) is 3.01. The first-order chi connectivity index (χ1) is 9.70. The summed E-state index contributed by atoms with van der Waals surface area (Å²) in [6.07, 6.45) is 3.22. The fraction of sp³-hybridized carbons (Fsp3) is 0.429. The Labute approximate surface area is 127 Å². The topological polar surface area (TPSA) is 51.0 Å². The first-order valence-corrected chi connectivity index (χ1v) is 7.46. The van der Waals surface area contributed by atoms with Gasteiger partial charge in [0.2, 0.25) is 11.7 Å². The highest BCUT2D eigenvalue weighted by atomic mass is 35.5. The normalized spacial score (nSPS) is 19.2. The van der Waals surface area contributed by atoms with E-state index in [1.165, 1.54) is 12.8 Å². The van der Waals surface area contributed by atoms with Crippen LogP contribution in [-0.4, -0.2) is 23.2 Å². The minimum atomic E-state index is 0.535. The van der Waals surface area contributed by atoms with Crippen LogP contribution in [0, 0.1) is 5.92 Å². The molecule has 1 unspecified atom stereocenters. The monoisotopic (exact) mass is 311 g/mol. The van der Waals surface area contributed by atoms with Gasteiger partial charge in [0.1, 0.15) is 0 Å². The van der Waals surface area contributed by atoms with Crippen LogP contribution in [0.15, 0.2) is 22.7 Å². The average Bonchev–Trinajstić information content (AvgIpc) is 2.87. The van der Waals surface area contributed by atoms with Crippen LogP contribution in [0.4, 0.5) is 0 Å². The molecule has 0 aliphatic carbocycles. The van der Waals surface area contributed by atoms with Gasteiger partial charge in [-0.15, -0.1) is 0 Å². The summed E-state index contributed by atoms with van der Waals surface area (Å²) in [6, 6.07) is 5.25. The Hall–Kier alpha value is -1.10. The van der Waals surface area contributed by atoms with Crippen LogP contribution in [0.1, 0.15) is 18.7 Å². The molecule has 1 aromatic heterocycles. The number of halogens is 2. The highest BCUT2D eigenvalue weighted by molar-refractivity contribution is 6.35. The summed E-state index contributed by atoms with van der Waals surface area (Å²) < 4.78 is 5.33. The Morgan fingerprint density at radius 2 is 2.05 bits per heavy atom. The molecule has 20 heavy (non-hydrogen) atoms. The SMILES string of the molecule is Clc1cc(Cl)cc(-c2noc(CC3CCCNC3)n2)c1. The van der Waals surface area contributed by atoms with Crippen molar-refractivity contribution in [2.75, 3.05) is 13.1 Å². The van der Waals surface area contributed by atoms with Crippen LogP contribution in [0.25, 0.3) is 11.4 Å². The third-order valence-corrected chi connectivity index (χ3v) is 3.89. The van der Waals surface area contributed by atoms with E-state index in [0.29, 0.717) is 27.7 Å². The summed E-state index contributed by atoms with van der Waals surface area (Å²) in [5.41, 5.74) is 0.777. The Bertz CT molecular complexity index is 574. The third kappa shape index (κ3) is 3.32. The highest BCUT2D eigenvalue weighted by Gasteiger charge is 2.18. The first kappa shape index (κ1) is 13.9. The number of nitrogens with zero attached hydrogens (tertiary/aromatic N) is 2. The Morgan fingerprint density at radius 1 is 1.25 bits per heavy atom. The smallest absolute Gasteiger partial charge is 0.227 e. The molecule has 0 spiro atoms. The van der Waals surface area contributed by atoms with E-state index in [0.717, 1.165) is 25.1 Å². The molecular formula is C14H15Cl2N3O. The summed E-state index contributed by atoms with van der Waals surface area (Å²) in [7, 11) is 0. The summed E-state index contributed by atoms with van der Waals surface area (Å²) in [5.74, 6) is 1.78. The van der Waals surface area contributed by atoms with Gasteiger partial charge in [0, 0.05) is 22.0 Å². The van der Waals surface area contributed by atoms with E-state index in [-0.39, 0.29) is 0 Å². The molecular weight excluding hydrogens is 297 g/mol. The molecule has 1 fully saturated rings. The van der Waals surface area contributed by atoms with Gasteiger partial charge in [-0.25, -0.2) is 0 Å². The molecule has 0 amide bonds. The number of benzene rings is 1. The molecule has 2 aromatic rings. The molecule has 1 saturated heterocycles. The van der Waals surface area contributed by atoms with E-state index >= 15 is 0 Å². The number of aromatic nitrogens is 2. The van der Waals surface area contributed by atoms with E-state index in [1.807, 2.05) is 0 Å². The average molecular weight is 312 g/mol. The third-order valence-electron chi connectivity index (χ3n) is 3.45. The second kappa shape index (κ2) is 6.12. The van der Waals surface area contributed by atoms with Gasteiger partial charge in [-0.3, -0.25) is 0 Å². The molecule has 1 atom stereocenters. The number of piperidine rings is 1. The van der Waals surface area contributed by atoms with Crippen LogP contribution in [0.5, 0.6) is 0 Å². The molecule has 2 heterocycles. The van der Waals surface area contributed by atoms with Crippen LogP contribution >= 0.6 is 23.2 Å². The molecule has 1 N–H and O–H groups in total. The number of nitrogens with one attached hydrogen (secondary N) is 1. The van der Waals surface area contributed by atoms with Gasteiger partial charge >= 0.3 is 0 Å². The van der Waals surface area contributed by atoms with Gasteiger partial charge < -0.3 is 9.84 Å². The minimum absolute atomic E-state index is 0.535. The molecule has 106 valence electrons. The highest BCUT2D eigenvalue weighted by Crippen LogP contribution is 2.26. The minimum Gasteiger partial charge on any atom is -0.339 e. The van der Waals surface area contributed by atoms with Gasteiger partial charge in [-0.05, 0) is 50.0 Å². The predicted molar refractivity (Wildman–Crippen MR) is 79.1 cm³/mol. The van der Waals surface area contributed by atoms with Crippen molar-refractivity contribution in [3.63, 3.8) is 0 Å². The van der Waals surface area contributed by atoms with Crippen molar-refractivity contribution in [2.45, 2.75) is 19.3 Å². The van der Waals surface area contributed by atoms with Gasteiger partial charge in [-0.2, -0.15) is 4.98 Å². The van der Waals surface area contributed by atoms with Gasteiger partial charge in [0.25, 0.3) is 0 Å².